The molecule has 0 bridgehead atoms. The molecule has 0 aromatic heterocycles. The third-order valence-electron chi connectivity index (χ3n) is 1.30. The van der Waals surface area contributed by atoms with Gasteiger partial charge in [0, 0.05) is 5.33 Å². The highest BCUT2D eigenvalue weighted by Gasteiger charge is 2.21. The maximum absolute atomic E-state index is 9.63. The minimum Gasteiger partial charge on any atom is -0.388 e. The van der Waals surface area contributed by atoms with Crippen LogP contribution in [0.4, 0.5) is 0 Å². The van der Waals surface area contributed by atoms with Gasteiger partial charge in [0.15, 0.2) is 0 Å². The molecule has 10 heavy (non-hydrogen) atoms. The van der Waals surface area contributed by atoms with Gasteiger partial charge >= 0.3 is 0 Å². The Kier molecular flexibility index (Phi) is 4.65. The van der Waals surface area contributed by atoms with Gasteiger partial charge in [0.05, 0.1) is 5.60 Å². The van der Waals surface area contributed by atoms with E-state index in [1.807, 2.05) is 0 Å². The van der Waals surface area contributed by atoms with Crippen molar-refractivity contribution in [2.24, 2.45) is 0 Å². The smallest absolute Gasteiger partial charge is 0.0812 e. The Morgan fingerprint density at radius 3 is 1.90 bits per heavy atom. The summed E-state index contributed by atoms with van der Waals surface area (Å²) in [5, 5.41) is 10.2. The molecule has 1 nitrogen and oxygen atoms in total. The van der Waals surface area contributed by atoms with Crippen LogP contribution in [0.25, 0.3) is 0 Å². The number of hydrogen-bond donors (Lipinski definition) is 1. The lowest BCUT2D eigenvalue weighted by atomic mass is 9.98. The van der Waals surface area contributed by atoms with Gasteiger partial charge < -0.3 is 5.11 Å². The summed E-state index contributed by atoms with van der Waals surface area (Å²) in [5.74, 6) is 0. The fourth-order valence-electron chi connectivity index (χ4n) is 0.730. The standard InChI is InChI=1S/C8H13BrO/c1-3-5-8(10,7-9)6-4-2/h3-4,10H,1-2,5-7H2. The molecule has 0 aliphatic carbocycles. The van der Waals surface area contributed by atoms with E-state index >= 15 is 0 Å². The van der Waals surface area contributed by atoms with Gasteiger partial charge in [-0.15, -0.1) is 13.2 Å². The van der Waals surface area contributed by atoms with E-state index in [1.165, 1.54) is 0 Å². The lowest BCUT2D eigenvalue weighted by Gasteiger charge is -2.22. The van der Waals surface area contributed by atoms with Crippen LogP contribution in [-0.2, 0) is 0 Å². The molecule has 0 aliphatic heterocycles. The van der Waals surface area contributed by atoms with E-state index < -0.39 is 5.60 Å². The van der Waals surface area contributed by atoms with Gasteiger partial charge in [-0.25, -0.2) is 0 Å². The lowest BCUT2D eigenvalue weighted by Crippen LogP contribution is -2.28. The zero-order valence-electron chi connectivity index (χ0n) is 6.02. The largest absolute Gasteiger partial charge is 0.388 e. The Morgan fingerprint density at radius 2 is 1.70 bits per heavy atom. The molecule has 58 valence electrons. The number of halogens is 1. The van der Waals surface area contributed by atoms with E-state index in [9.17, 15) is 5.11 Å². The van der Waals surface area contributed by atoms with Crippen LogP contribution in [0.15, 0.2) is 25.3 Å². The van der Waals surface area contributed by atoms with Crippen molar-refractivity contribution >= 4 is 15.9 Å². The summed E-state index contributed by atoms with van der Waals surface area (Å²) in [6.45, 7) is 7.12. The zero-order valence-corrected chi connectivity index (χ0v) is 7.60. The summed E-state index contributed by atoms with van der Waals surface area (Å²) in [6.07, 6.45) is 4.63. The minimum absolute atomic E-state index is 0.567. The third kappa shape index (κ3) is 3.18. The second-order valence-corrected chi connectivity index (χ2v) is 2.90. The molecular weight excluding hydrogens is 192 g/mol. The summed E-state index contributed by atoms with van der Waals surface area (Å²) >= 11 is 3.23. The number of rotatable bonds is 5. The van der Waals surface area contributed by atoms with Gasteiger partial charge in [0.2, 0.25) is 0 Å². The molecule has 0 aliphatic rings. The van der Waals surface area contributed by atoms with E-state index in [-0.39, 0.29) is 0 Å². The van der Waals surface area contributed by atoms with Gasteiger partial charge in [-0.2, -0.15) is 0 Å². The average molecular weight is 205 g/mol. The normalized spacial score (nSPS) is 11.0. The Morgan fingerprint density at radius 1 is 1.30 bits per heavy atom. The van der Waals surface area contributed by atoms with Crippen LogP contribution in [0.5, 0.6) is 0 Å². The van der Waals surface area contributed by atoms with Crippen molar-refractivity contribution in [2.45, 2.75) is 18.4 Å². The topological polar surface area (TPSA) is 20.2 Å². The number of hydrogen-bond acceptors (Lipinski definition) is 1. The van der Waals surface area contributed by atoms with Crippen molar-refractivity contribution in [2.75, 3.05) is 5.33 Å². The fourth-order valence-corrected chi connectivity index (χ4v) is 1.19. The molecule has 0 spiro atoms. The quantitative estimate of drug-likeness (QED) is 0.539. The molecule has 0 amide bonds. The minimum atomic E-state index is -0.677. The van der Waals surface area contributed by atoms with Gasteiger partial charge in [0.25, 0.3) is 0 Å². The van der Waals surface area contributed by atoms with Gasteiger partial charge in [0.1, 0.15) is 0 Å². The molecule has 0 unspecified atom stereocenters. The van der Waals surface area contributed by atoms with Crippen LogP contribution < -0.4 is 0 Å². The number of alkyl halides is 1. The van der Waals surface area contributed by atoms with Crippen LogP contribution >= 0.6 is 15.9 Å². The first-order valence-electron chi connectivity index (χ1n) is 3.18. The molecule has 0 saturated carbocycles. The van der Waals surface area contributed by atoms with Crippen molar-refractivity contribution in [3.05, 3.63) is 25.3 Å². The van der Waals surface area contributed by atoms with Gasteiger partial charge in [-0.1, -0.05) is 28.1 Å². The predicted molar refractivity (Wildman–Crippen MR) is 48.4 cm³/mol. The predicted octanol–water partition coefficient (Wildman–Crippen LogP) is 2.26. The van der Waals surface area contributed by atoms with Crippen molar-refractivity contribution < 1.29 is 5.11 Å². The summed E-state index contributed by atoms with van der Waals surface area (Å²) in [5.41, 5.74) is -0.677. The van der Waals surface area contributed by atoms with E-state index in [2.05, 4.69) is 29.1 Å². The summed E-state index contributed by atoms with van der Waals surface area (Å²) in [4.78, 5) is 0. The van der Waals surface area contributed by atoms with E-state index in [0.29, 0.717) is 18.2 Å². The van der Waals surface area contributed by atoms with Crippen molar-refractivity contribution in [3.63, 3.8) is 0 Å². The summed E-state index contributed by atoms with van der Waals surface area (Å²) in [7, 11) is 0. The number of aliphatic hydroxyl groups is 1. The highest BCUT2D eigenvalue weighted by atomic mass is 79.9. The SMILES string of the molecule is C=CCC(O)(CBr)CC=C. The van der Waals surface area contributed by atoms with Crippen LogP contribution in [0, 0.1) is 0 Å². The Hall–Kier alpha value is -0.0800. The molecule has 2 heteroatoms. The molecule has 0 atom stereocenters. The maximum Gasteiger partial charge on any atom is 0.0812 e. The van der Waals surface area contributed by atoms with E-state index in [0.717, 1.165) is 0 Å². The summed E-state index contributed by atoms with van der Waals surface area (Å²) in [6, 6.07) is 0. The first kappa shape index (κ1) is 9.92. The Labute approximate surface area is 70.6 Å². The van der Waals surface area contributed by atoms with E-state index in [4.69, 9.17) is 0 Å². The second-order valence-electron chi connectivity index (χ2n) is 2.34. The average Bonchev–Trinajstić information content (AvgIpc) is 1.89. The van der Waals surface area contributed by atoms with Crippen LogP contribution in [0.1, 0.15) is 12.8 Å². The van der Waals surface area contributed by atoms with Crippen LogP contribution in [0.2, 0.25) is 0 Å². The molecule has 0 aromatic rings. The van der Waals surface area contributed by atoms with Crippen LogP contribution in [0.3, 0.4) is 0 Å². The van der Waals surface area contributed by atoms with Crippen LogP contribution in [-0.4, -0.2) is 16.0 Å². The molecule has 0 radical (unpaired) electrons. The molecule has 0 heterocycles. The first-order valence-corrected chi connectivity index (χ1v) is 4.31. The summed E-state index contributed by atoms with van der Waals surface area (Å²) < 4.78 is 0. The third-order valence-corrected chi connectivity index (χ3v) is 2.34. The fraction of sp³-hybridized carbons (Fsp3) is 0.500. The molecule has 0 rings (SSSR count). The Bertz CT molecular complexity index is 110. The van der Waals surface area contributed by atoms with Gasteiger partial charge in [-0.3, -0.25) is 0 Å². The highest BCUT2D eigenvalue weighted by Crippen LogP contribution is 2.18. The molecule has 1 N–H and O–H groups in total. The van der Waals surface area contributed by atoms with Crippen molar-refractivity contribution in [1.82, 2.24) is 0 Å². The monoisotopic (exact) mass is 204 g/mol. The molecular formula is C8H13BrO. The molecule has 0 fully saturated rings. The lowest BCUT2D eigenvalue weighted by molar-refractivity contribution is 0.0731. The molecule has 0 aromatic carbocycles. The van der Waals surface area contributed by atoms with Gasteiger partial charge in [-0.05, 0) is 12.8 Å². The highest BCUT2D eigenvalue weighted by molar-refractivity contribution is 9.09. The van der Waals surface area contributed by atoms with Crippen molar-refractivity contribution in [3.8, 4) is 0 Å². The van der Waals surface area contributed by atoms with E-state index in [1.54, 1.807) is 12.2 Å². The Balaban J connectivity index is 3.92. The molecule has 0 saturated heterocycles. The second kappa shape index (κ2) is 4.69. The zero-order chi connectivity index (χ0) is 8.04. The first-order chi connectivity index (χ1) is 4.68. The maximum atomic E-state index is 9.63. The van der Waals surface area contributed by atoms with Crippen molar-refractivity contribution in [1.29, 1.82) is 0 Å².